The summed E-state index contributed by atoms with van der Waals surface area (Å²) < 4.78 is 0. The molecule has 2 aromatic rings. The predicted molar refractivity (Wildman–Crippen MR) is 71.8 cm³/mol. The lowest BCUT2D eigenvalue weighted by Gasteiger charge is -2.05. The van der Waals surface area contributed by atoms with Gasteiger partial charge in [0.05, 0.1) is 11.9 Å². The van der Waals surface area contributed by atoms with Crippen LogP contribution in [0.5, 0.6) is 0 Å². The van der Waals surface area contributed by atoms with Crippen LogP contribution in [0.2, 0.25) is 5.15 Å². The molecule has 0 aliphatic rings. The van der Waals surface area contributed by atoms with E-state index in [4.69, 9.17) is 11.6 Å². The van der Waals surface area contributed by atoms with Crippen molar-refractivity contribution < 1.29 is 4.79 Å². The van der Waals surface area contributed by atoms with Gasteiger partial charge in [0.15, 0.2) is 17.3 Å². The van der Waals surface area contributed by atoms with E-state index < -0.39 is 0 Å². The lowest BCUT2D eigenvalue weighted by molar-refractivity contribution is 0.112. The van der Waals surface area contributed by atoms with Crippen LogP contribution in [0.1, 0.15) is 10.4 Å². The third-order valence-electron chi connectivity index (χ3n) is 2.24. The number of carbonyl (C=O) groups excluding carboxylic acids is 1. The highest BCUT2D eigenvalue weighted by Gasteiger charge is 2.08. The molecule has 6 heteroatoms. The summed E-state index contributed by atoms with van der Waals surface area (Å²) in [6.45, 7) is 0. The number of hydrogen-bond acceptors (Lipinski definition) is 4. The van der Waals surface area contributed by atoms with Crippen molar-refractivity contribution in [3.05, 3.63) is 29.0 Å². The summed E-state index contributed by atoms with van der Waals surface area (Å²) in [6.07, 6.45) is 3.87. The molecule has 0 aliphatic heterocycles. The maximum Gasteiger partial charge on any atom is 0.164 e. The first-order valence-electron chi connectivity index (χ1n) is 5.23. The topological polar surface area (TPSA) is 58.5 Å². The molecule has 0 bridgehead atoms. The second kappa shape index (κ2) is 5.10. The maximum atomic E-state index is 11.0. The van der Waals surface area contributed by atoms with Crippen molar-refractivity contribution in [2.75, 3.05) is 14.1 Å². The van der Waals surface area contributed by atoms with E-state index in [2.05, 4.69) is 15.0 Å². The fourth-order valence-corrected chi connectivity index (χ4v) is 1.64. The Kier molecular flexibility index (Phi) is 3.53. The van der Waals surface area contributed by atoms with E-state index >= 15 is 0 Å². The third-order valence-corrected chi connectivity index (χ3v) is 2.51. The van der Waals surface area contributed by atoms with Crippen LogP contribution in [-0.4, -0.2) is 41.6 Å². The van der Waals surface area contributed by atoms with Crippen LogP contribution in [0.3, 0.4) is 0 Å². The molecule has 2 heterocycles. The number of rotatable bonds is 3. The van der Waals surface area contributed by atoms with Gasteiger partial charge in [0.1, 0.15) is 5.52 Å². The second-order valence-corrected chi connectivity index (χ2v) is 4.26. The summed E-state index contributed by atoms with van der Waals surface area (Å²) in [7, 11) is 3.67. The number of halogens is 1. The summed E-state index contributed by atoms with van der Waals surface area (Å²) in [5, 5.41) is 1.06. The van der Waals surface area contributed by atoms with Gasteiger partial charge in [-0.3, -0.25) is 4.79 Å². The minimum absolute atomic E-state index is 0.297. The maximum absolute atomic E-state index is 11.0. The average Bonchev–Trinajstić information content (AvgIpc) is 2.36. The quantitative estimate of drug-likeness (QED) is 0.369. The van der Waals surface area contributed by atoms with Gasteiger partial charge < -0.3 is 4.90 Å². The van der Waals surface area contributed by atoms with Gasteiger partial charge in [-0.25, -0.2) is 15.0 Å². The van der Waals surface area contributed by atoms with Crippen LogP contribution in [0, 0.1) is 0 Å². The van der Waals surface area contributed by atoms with Crippen LogP contribution in [0.15, 0.2) is 23.3 Å². The molecule has 0 unspecified atom stereocenters. The van der Waals surface area contributed by atoms with Crippen molar-refractivity contribution >= 4 is 40.9 Å². The Morgan fingerprint density at radius 1 is 1.44 bits per heavy atom. The molecule has 0 fully saturated rings. The van der Waals surface area contributed by atoms with Crippen LogP contribution >= 0.6 is 11.6 Å². The lowest BCUT2D eigenvalue weighted by Crippen LogP contribution is -2.07. The molecule has 0 radical (unpaired) electrons. The number of pyridine rings is 2. The fraction of sp³-hybridized carbons (Fsp3) is 0.167. The Hall–Kier alpha value is -2.01. The minimum atomic E-state index is 0.297. The Bertz CT molecular complexity index is 625. The molecule has 2 aromatic heterocycles. The molecule has 0 N–H and O–H groups in total. The van der Waals surface area contributed by atoms with Gasteiger partial charge in [-0.15, -0.1) is 0 Å². The average molecular weight is 263 g/mol. The van der Waals surface area contributed by atoms with Crippen LogP contribution in [0.25, 0.3) is 10.9 Å². The summed E-state index contributed by atoms with van der Waals surface area (Å²) >= 11 is 5.96. The van der Waals surface area contributed by atoms with E-state index in [9.17, 15) is 4.79 Å². The van der Waals surface area contributed by atoms with Crippen molar-refractivity contribution in [2.45, 2.75) is 0 Å². The van der Waals surface area contributed by atoms with Crippen LogP contribution in [0.4, 0.5) is 5.82 Å². The number of carbonyl (C=O) groups is 1. The van der Waals surface area contributed by atoms with E-state index in [1.807, 2.05) is 14.1 Å². The van der Waals surface area contributed by atoms with Gasteiger partial charge in [-0.1, -0.05) is 11.6 Å². The number of aldehydes is 1. The van der Waals surface area contributed by atoms with Gasteiger partial charge >= 0.3 is 0 Å². The third kappa shape index (κ3) is 2.46. The van der Waals surface area contributed by atoms with Gasteiger partial charge in [0.25, 0.3) is 0 Å². The van der Waals surface area contributed by atoms with Crippen LogP contribution in [-0.2, 0) is 0 Å². The first-order valence-corrected chi connectivity index (χ1v) is 5.60. The predicted octanol–water partition coefficient (Wildman–Crippen LogP) is 2.32. The van der Waals surface area contributed by atoms with E-state index in [1.165, 1.54) is 0 Å². The fourth-order valence-electron chi connectivity index (χ4n) is 1.43. The van der Waals surface area contributed by atoms with Crippen LogP contribution < -0.4 is 0 Å². The Morgan fingerprint density at radius 2 is 2.22 bits per heavy atom. The number of fused-ring (bicyclic) bond motifs is 1. The molecule has 0 aromatic carbocycles. The smallest absolute Gasteiger partial charge is 0.164 e. The van der Waals surface area contributed by atoms with Crippen molar-refractivity contribution in [1.82, 2.24) is 14.9 Å². The van der Waals surface area contributed by atoms with Crippen molar-refractivity contribution in [2.24, 2.45) is 4.99 Å². The second-order valence-electron chi connectivity index (χ2n) is 3.90. The highest BCUT2D eigenvalue weighted by Crippen LogP contribution is 2.24. The Morgan fingerprint density at radius 3 is 2.89 bits per heavy atom. The molecule has 0 saturated heterocycles. The first-order chi connectivity index (χ1) is 8.61. The Balaban J connectivity index is 2.64. The zero-order valence-electron chi connectivity index (χ0n) is 9.96. The number of aromatic nitrogens is 2. The summed E-state index contributed by atoms with van der Waals surface area (Å²) in [4.78, 5) is 25.1. The monoisotopic (exact) mass is 262 g/mol. The van der Waals surface area contributed by atoms with Crippen molar-refractivity contribution in [3.8, 4) is 0 Å². The van der Waals surface area contributed by atoms with E-state index in [1.54, 1.807) is 29.6 Å². The largest absolute Gasteiger partial charge is 0.369 e. The molecule has 0 aliphatic carbocycles. The molecule has 0 amide bonds. The number of hydrogen-bond donors (Lipinski definition) is 0. The van der Waals surface area contributed by atoms with E-state index in [-0.39, 0.29) is 0 Å². The highest BCUT2D eigenvalue weighted by atomic mass is 35.5. The number of aliphatic imine (C=N–C) groups is 1. The van der Waals surface area contributed by atoms with Crippen molar-refractivity contribution in [3.63, 3.8) is 0 Å². The molecule has 2 rings (SSSR count). The van der Waals surface area contributed by atoms with E-state index in [0.29, 0.717) is 22.1 Å². The highest BCUT2D eigenvalue weighted by molar-refractivity contribution is 6.33. The zero-order chi connectivity index (χ0) is 13.1. The SMILES string of the molecule is CN(C)C=Nc1nc2c(Cl)nccc2cc1C=O. The lowest BCUT2D eigenvalue weighted by atomic mass is 10.2. The molecular formula is C12H11ClN4O. The molecular weight excluding hydrogens is 252 g/mol. The van der Waals surface area contributed by atoms with Gasteiger partial charge in [-0.05, 0) is 12.1 Å². The summed E-state index contributed by atoms with van der Waals surface area (Å²) in [6, 6.07) is 3.45. The van der Waals surface area contributed by atoms with Gasteiger partial charge in [-0.2, -0.15) is 0 Å². The van der Waals surface area contributed by atoms with Gasteiger partial charge in [0, 0.05) is 25.7 Å². The number of nitrogens with zero attached hydrogens (tertiary/aromatic N) is 4. The molecule has 18 heavy (non-hydrogen) atoms. The summed E-state index contributed by atoms with van der Waals surface area (Å²) in [5.41, 5.74) is 0.957. The standard InChI is InChI=1S/C12H11ClN4O/c1-17(2)7-15-12-9(6-18)5-8-3-4-14-11(13)10(8)16-12/h3-7H,1-2H3. The molecule has 5 nitrogen and oxygen atoms in total. The summed E-state index contributed by atoms with van der Waals surface area (Å²) in [5.74, 6) is 0.334. The van der Waals surface area contributed by atoms with E-state index in [0.717, 1.165) is 11.7 Å². The zero-order valence-corrected chi connectivity index (χ0v) is 10.7. The molecule has 92 valence electrons. The molecule has 0 spiro atoms. The Labute approximate surface area is 109 Å². The minimum Gasteiger partial charge on any atom is -0.369 e. The normalized spacial score (nSPS) is 11.1. The molecule has 0 saturated carbocycles. The van der Waals surface area contributed by atoms with Crippen molar-refractivity contribution in [1.29, 1.82) is 0 Å². The first kappa shape index (κ1) is 12.4. The molecule has 0 atom stereocenters. The van der Waals surface area contributed by atoms with Gasteiger partial charge in [0.2, 0.25) is 0 Å².